The van der Waals surface area contributed by atoms with Crippen LogP contribution in [0.2, 0.25) is 0 Å². The Morgan fingerprint density at radius 1 is 1.18 bits per heavy atom. The van der Waals surface area contributed by atoms with E-state index in [9.17, 15) is 14.9 Å². The average molecular weight is 511 g/mol. The van der Waals surface area contributed by atoms with Gasteiger partial charge in [-0.25, -0.2) is 9.67 Å². The molecule has 38 heavy (non-hydrogen) atoms. The smallest absolute Gasteiger partial charge is 0.273 e. The van der Waals surface area contributed by atoms with Crippen LogP contribution in [-0.4, -0.2) is 49.4 Å². The molecule has 10 heteroatoms. The number of amides is 2. The average Bonchev–Trinajstić information content (AvgIpc) is 3.33. The molecule has 6 rings (SSSR count). The highest BCUT2D eigenvalue weighted by Gasteiger charge is 2.53. The number of fused-ring (bicyclic) bond motifs is 1. The molecular weight excluding hydrogens is 480 g/mol. The molecule has 0 unspecified atom stereocenters. The van der Waals surface area contributed by atoms with Gasteiger partial charge in [0.1, 0.15) is 11.9 Å². The summed E-state index contributed by atoms with van der Waals surface area (Å²) in [5, 5.41) is 20.8. The van der Waals surface area contributed by atoms with Crippen LogP contribution in [0.4, 0.5) is 5.82 Å². The first-order valence-electron chi connectivity index (χ1n) is 13.1. The number of nitrogens with zero attached hydrogens (tertiary/aromatic N) is 7. The van der Waals surface area contributed by atoms with Gasteiger partial charge >= 0.3 is 0 Å². The van der Waals surface area contributed by atoms with Crippen molar-refractivity contribution < 1.29 is 9.59 Å². The van der Waals surface area contributed by atoms with Gasteiger partial charge in [0.15, 0.2) is 5.69 Å². The zero-order valence-corrected chi connectivity index (χ0v) is 22.0. The van der Waals surface area contributed by atoms with E-state index in [2.05, 4.69) is 31.7 Å². The molecule has 1 aliphatic heterocycles. The number of nitrogens with one attached hydrogen (secondary N) is 1. The van der Waals surface area contributed by atoms with Crippen LogP contribution in [0.15, 0.2) is 24.5 Å². The molecule has 194 valence electrons. The minimum atomic E-state index is -0.267. The Bertz CT molecular complexity index is 1500. The minimum Gasteiger partial charge on any atom is -0.348 e. The van der Waals surface area contributed by atoms with Gasteiger partial charge in [-0.05, 0) is 81.7 Å². The van der Waals surface area contributed by atoms with E-state index in [4.69, 9.17) is 0 Å². The fourth-order valence-corrected chi connectivity index (χ4v) is 5.78. The molecule has 2 saturated carbocycles. The van der Waals surface area contributed by atoms with Crippen molar-refractivity contribution >= 4 is 17.6 Å². The minimum absolute atomic E-state index is 0.00454. The molecule has 1 saturated heterocycles. The van der Waals surface area contributed by atoms with E-state index in [-0.39, 0.29) is 41.4 Å². The summed E-state index contributed by atoms with van der Waals surface area (Å²) in [5.41, 5.74) is 5.57. The van der Waals surface area contributed by atoms with E-state index in [1.165, 1.54) is 0 Å². The van der Waals surface area contributed by atoms with Crippen molar-refractivity contribution in [3.05, 3.63) is 63.9 Å². The molecule has 3 aromatic rings. The summed E-state index contributed by atoms with van der Waals surface area (Å²) in [6.45, 7) is 8.70. The van der Waals surface area contributed by atoms with Crippen LogP contribution in [0.25, 0.3) is 0 Å². The Kier molecular flexibility index (Phi) is 5.74. The number of rotatable bonds is 6. The maximum absolute atomic E-state index is 12.9. The maximum atomic E-state index is 12.9. The SMILES string of the molecule is Cc1ccc(C#N)c([C@H]2C[C@@H](NC(=O)c3cn([C@@H](C)c4cnc(N5C[C@H]6C[C@H]6C5=O)c(C)c4C)nn3)C2)n1. The standard InChI is InChI=1S/C28H30N8O2/c1-14-5-6-18(10-29)25(31-14)19-7-21(8-19)32-27(37)24-13-36(34-33-24)17(4)23-11-30-26(16(3)15(23)2)35-12-20-9-22(20)28(35)38/h5-6,11,13,17,19-22H,7-9,12H2,1-4H3,(H,32,37)/t17-,19-,20+,21+,22+/m0/s1. The predicted octanol–water partition coefficient (Wildman–Crippen LogP) is 3.13. The van der Waals surface area contributed by atoms with Crippen LogP contribution in [0.5, 0.6) is 0 Å². The topological polar surface area (TPSA) is 130 Å². The van der Waals surface area contributed by atoms with E-state index in [1.54, 1.807) is 10.9 Å². The lowest BCUT2D eigenvalue weighted by atomic mass is 9.76. The second-order valence-corrected chi connectivity index (χ2v) is 10.9. The second kappa shape index (κ2) is 9.01. The molecule has 0 spiro atoms. The molecule has 0 bridgehead atoms. The molecule has 1 N–H and O–H groups in total. The number of hydrogen-bond acceptors (Lipinski definition) is 7. The summed E-state index contributed by atoms with van der Waals surface area (Å²) < 4.78 is 1.67. The lowest BCUT2D eigenvalue weighted by molar-refractivity contribution is -0.118. The number of pyridine rings is 2. The van der Waals surface area contributed by atoms with Gasteiger partial charge in [0, 0.05) is 36.3 Å². The van der Waals surface area contributed by atoms with E-state index in [0.717, 1.165) is 59.7 Å². The highest BCUT2D eigenvalue weighted by molar-refractivity contribution is 5.99. The third-order valence-electron chi connectivity index (χ3n) is 8.47. The highest BCUT2D eigenvalue weighted by atomic mass is 16.2. The van der Waals surface area contributed by atoms with Gasteiger partial charge in [0.25, 0.3) is 5.91 Å². The van der Waals surface area contributed by atoms with Crippen molar-refractivity contribution in [3.63, 3.8) is 0 Å². The van der Waals surface area contributed by atoms with Gasteiger partial charge in [-0.2, -0.15) is 5.26 Å². The Morgan fingerprint density at radius 2 is 1.97 bits per heavy atom. The van der Waals surface area contributed by atoms with Crippen molar-refractivity contribution in [3.8, 4) is 6.07 Å². The highest BCUT2D eigenvalue weighted by Crippen LogP contribution is 2.47. The lowest BCUT2D eigenvalue weighted by Crippen LogP contribution is -2.43. The van der Waals surface area contributed by atoms with Crippen molar-refractivity contribution in [2.75, 3.05) is 11.4 Å². The van der Waals surface area contributed by atoms with Crippen LogP contribution in [-0.2, 0) is 4.79 Å². The number of carbonyl (C=O) groups is 2. The molecule has 0 radical (unpaired) electrons. The number of anilines is 1. The number of piperidine rings is 1. The Morgan fingerprint density at radius 3 is 2.68 bits per heavy atom. The zero-order valence-electron chi connectivity index (χ0n) is 22.0. The van der Waals surface area contributed by atoms with Gasteiger partial charge in [-0.15, -0.1) is 5.10 Å². The van der Waals surface area contributed by atoms with E-state index in [1.807, 2.05) is 50.9 Å². The van der Waals surface area contributed by atoms with Crippen LogP contribution in [0.3, 0.4) is 0 Å². The Hall–Kier alpha value is -4.13. The largest absolute Gasteiger partial charge is 0.348 e. The Labute approximate surface area is 221 Å². The van der Waals surface area contributed by atoms with Crippen molar-refractivity contribution in [2.24, 2.45) is 11.8 Å². The first-order chi connectivity index (χ1) is 18.2. The summed E-state index contributed by atoms with van der Waals surface area (Å²) in [6.07, 6.45) is 5.95. The first-order valence-corrected chi connectivity index (χ1v) is 13.1. The van der Waals surface area contributed by atoms with Gasteiger partial charge in [0.05, 0.1) is 23.5 Å². The van der Waals surface area contributed by atoms with E-state index in [0.29, 0.717) is 11.5 Å². The van der Waals surface area contributed by atoms with Crippen molar-refractivity contribution in [1.82, 2.24) is 30.3 Å². The van der Waals surface area contributed by atoms with Crippen molar-refractivity contribution in [1.29, 1.82) is 5.26 Å². The normalized spacial score (nSPS) is 24.4. The third-order valence-corrected chi connectivity index (χ3v) is 8.47. The number of aromatic nitrogens is 5. The monoisotopic (exact) mass is 510 g/mol. The molecular formula is C28H30N8O2. The molecule has 3 aliphatic rings. The Balaban J connectivity index is 1.11. The molecule has 4 heterocycles. The number of nitriles is 1. The van der Waals surface area contributed by atoms with E-state index < -0.39 is 0 Å². The van der Waals surface area contributed by atoms with Crippen LogP contribution < -0.4 is 10.2 Å². The second-order valence-electron chi connectivity index (χ2n) is 10.9. The maximum Gasteiger partial charge on any atom is 0.273 e. The first kappa shape index (κ1) is 24.2. The summed E-state index contributed by atoms with van der Waals surface area (Å²) in [7, 11) is 0. The zero-order chi connectivity index (χ0) is 26.7. The van der Waals surface area contributed by atoms with Gasteiger partial charge in [0.2, 0.25) is 5.91 Å². The molecule has 3 fully saturated rings. The number of hydrogen-bond donors (Lipinski definition) is 1. The molecule has 3 aromatic heterocycles. The molecule has 0 aromatic carbocycles. The molecule has 3 atom stereocenters. The summed E-state index contributed by atoms with van der Waals surface area (Å²) in [6, 6.07) is 5.69. The molecule has 10 nitrogen and oxygen atoms in total. The summed E-state index contributed by atoms with van der Waals surface area (Å²) >= 11 is 0. The quantitative estimate of drug-likeness (QED) is 0.539. The van der Waals surface area contributed by atoms with Crippen LogP contribution in [0, 0.1) is 43.9 Å². The summed E-state index contributed by atoms with van der Waals surface area (Å²) in [4.78, 5) is 36.5. The fourth-order valence-electron chi connectivity index (χ4n) is 5.78. The van der Waals surface area contributed by atoms with Gasteiger partial charge in [-0.1, -0.05) is 5.21 Å². The molecule has 2 amide bonds. The van der Waals surface area contributed by atoms with Crippen molar-refractivity contribution in [2.45, 2.75) is 65.0 Å². The fraction of sp³-hybridized carbons (Fsp3) is 0.464. The number of carbonyl (C=O) groups excluding carboxylic acids is 2. The number of aryl methyl sites for hydroxylation is 1. The van der Waals surface area contributed by atoms with Crippen LogP contribution in [0.1, 0.15) is 82.3 Å². The lowest BCUT2D eigenvalue weighted by Gasteiger charge is -2.35. The summed E-state index contributed by atoms with van der Waals surface area (Å²) in [5.74, 6) is 1.51. The van der Waals surface area contributed by atoms with Gasteiger partial charge < -0.3 is 5.32 Å². The van der Waals surface area contributed by atoms with E-state index >= 15 is 0 Å². The molecule has 2 aliphatic carbocycles. The van der Waals surface area contributed by atoms with Crippen LogP contribution >= 0.6 is 0 Å². The third kappa shape index (κ3) is 4.02. The predicted molar refractivity (Wildman–Crippen MR) is 138 cm³/mol. The van der Waals surface area contributed by atoms with Gasteiger partial charge in [-0.3, -0.25) is 19.5 Å².